The first-order valence-corrected chi connectivity index (χ1v) is 8.41. The number of aryl methyl sites for hydroxylation is 3. The predicted molar refractivity (Wildman–Crippen MR) is 95.7 cm³/mol. The molecule has 0 bridgehead atoms. The predicted octanol–water partition coefficient (Wildman–Crippen LogP) is 3.99. The highest BCUT2D eigenvalue weighted by Gasteiger charge is 2.20. The molecule has 6 nitrogen and oxygen atoms in total. The molecule has 1 aromatic heterocycles. The SMILES string of the molecule is CCc1cc(Cl)c(O[C@@H](C)C(=O)OC)cc1Oc1c(C)c(C)nn1C. The van der Waals surface area contributed by atoms with Gasteiger partial charge in [-0.15, -0.1) is 0 Å². The summed E-state index contributed by atoms with van der Waals surface area (Å²) in [7, 11) is 3.14. The number of benzene rings is 1. The van der Waals surface area contributed by atoms with Gasteiger partial charge in [0.15, 0.2) is 6.10 Å². The van der Waals surface area contributed by atoms with Crippen molar-refractivity contribution in [1.29, 1.82) is 0 Å². The van der Waals surface area contributed by atoms with E-state index in [9.17, 15) is 4.79 Å². The van der Waals surface area contributed by atoms with Crippen LogP contribution in [0.1, 0.15) is 30.7 Å². The number of carbonyl (C=O) groups excluding carboxylic acids is 1. The molecule has 25 heavy (non-hydrogen) atoms. The molecule has 1 aromatic carbocycles. The van der Waals surface area contributed by atoms with Gasteiger partial charge >= 0.3 is 5.97 Å². The summed E-state index contributed by atoms with van der Waals surface area (Å²) in [4.78, 5) is 11.6. The minimum Gasteiger partial charge on any atom is -0.477 e. The van der Waals surface area contributed by atoms with Gasteiger partial charge in [-0.3, -0.25) is 0 Å². The van der Waals surface area contributed by atoms with E-state index in [1.807, 2.05) is 27.8 Å². The molecule has 0 aliphatic rings. The van der Waals surface area contributed by atoms with Gasteiger partial charge < -0.3 is 14.2 Å². The molecule has 0 aliphatic heterocycles. The van der Waals surface area contributed by atoms with Crippen molar-refractivity contribution in [2.45, 2.75) is 40.2 Å². The van der Waals surface area contributed by atoms with Crippen LogP contribution < -0.4 is 9.47 Å². The van der Waals surface area contributed by atoms with Crippen LogP contribution >= 0.6 is 11.6 Å². The number of aromatic nitrogens is 2. The Kier molecular flexibility index (Phi) is 5.95. The van der Waals surface area contributed by atoms with E-state index < -0.39 is 12.1 Å². The number of rotatable bonds is 6. The van der Waals surface area contributed by atoms with Crippen LogP contribution in [-0.2, 0) is 23.0 Å². The molecule has 2 aromatic rings. The molecule has 0 radical (unpaired) electrons. The van der Waals surface area contributed by atoms with E-state index in [-0.39, 0.29) is 0 Å². The second-order valence-corrected chi connectivity index (χ2v) is 6.18. The van der Waals surface area contributed by atoms with E-state index in [1.165, 1.54) is 7.11 Å². The van der Waals surface area contributed by atoms with Crippen molar-refractivity contribution < 1.29 is 19.0 Å². The third kappa shape index (κ3) is 4.07. The van der Waals surface area contributed by atoms with E-state index in [4.69, 9.17) is 21.1 Å². The van der Waals surface area contributed by atoms with Crippen LogP contribution in [0.4, 0.5) is 0 Å². The number of halogens is 1. The van der Waals surface area contributed by atoms with E-state index in [2.05, 4.69) is 9.84 Å². The fourth-order valence-corrected chi connectivity index (χ4v) is 2.66. The fourth-order valence-electron chi connectivity index (χ4n) is 2.43. The highest BCUT2D eigenvalue weighted by atomic mass is 35.5. The third-order valence-corrected chi connectivity index (χ3v) is 4.29. The van der Waals surface area contributed by atoms with E-state index in [1.54, 1.807) is 23.7 Å². The van der Waals surface area contributed by atoms with Crippen molar-refractivity contribution in [2.24, 2.45) is 7.05 Å². The molecule has 0 saturated heterocycles. The van der Waals surface area contributed by atoms with Gasteiger partial charge in [-0.25, -0.2) is 9.48 Å². The number of methoxy groups -OCH3 is 1. The van der Waals surface area contributed by atoms with Gasteiger partial charge in [-0.1, -0.05) is 18.5 Å². The quantitative estimate of drug-likeness (QED) is 0.723. The first kappa shape index (κ1) is 19.1. The van der Waals surface area contributed by atoms with Crippen molar-refractivity contribution >= 4 is 17.6 Å². The van der Waals surface area contributed by atoms with Gasteiger partial charge in [-0.05, 0) is 38.8 Å². The summed E-state index contributed by atoms with van der Waals surface area (Å²) < 4.78 is 18.1. The Labute approximate surface area is 152 Å². The first-order valence-electron chi connectivity index (χ1n) is 8.03. The Morgan fingerprint density at radius 2 is 2.00 bits per heavy atom. The molecule has 1 heterocycles. The van der Waals surface area contributed by atoms with Crippen molar-refractivity contribution in [2.75, 3.05) is 7.11 Å². The zero-order valence-corrected chi connectivity index (χ0v) is 16.1. The Morgan fingerprint density at radius 1 is 1.32 bits per heavy atom. The van der Waals surface area contributed by atoms with Gasteiger partial charge in [0, 0.05) is 18.7 Å². The smallest absolute Gasteiger partial charge is 0.346 e. The number of hydrogen-bond acceptors (Lipinski definition) is 5. The highest BCUT2D eigenvalue weighted by Crippen LogP contribution is 2.37. The van der Waals surface area contributed by atoms with Crippen LogP contribution in [0.2, 0.25) is 5.02 Å². The summed E-state index contributed by atoms with van der Waals surface area (Å²) in [6, 6.07) is 3.48. The molecular weight excluding hydrogens is 344 g/mol. The maximum absolute atomic E-state index is 11.6. The summed E-state index contributed by atoms with van der Waals surface area (Å²) >= 11 is 6.29. The van der Waals surface area contributed by atoms with Crippen LogP contribution in [0.25, 0.3) is 0 Å². The monoisotopic (exact) mass is 366 g/mol. The number of ether oxygens (including phenoxy) is 3. The van der Waals surface area contributed by atoms with Crippen molar-refractivity contribution in [3.8, 4) is 17.4 Å². The number of hydrogen-bond donors (Lipinski definition) is 0. The van der Waals surface area contributed by atoms with E-state index in [0.29, 0.717) is 22.4 Å². The molecular formula is C18H23ClN2O4. The van der Waals surface area contributed by atoms with E-state index >= 15 is 0 Å². The van der Waals surface area contributed by atoms with Crippen LogP contribution in [0.15, 0.2) is 12.1 Å². The molecule has 0 aliphatic carbocycles. The summed E-state index contributed by atoms with van der Waals surface area (Å²) in [5.74, 6) is 1.16. The standard InChI is InChI=1S/C18H23ClN2O4/c1-7-13-8-14(19)16(24-12(4)18(22)23-6)9-15(13)25-17-10(2)11(3)20-21(17)5/h8-9,12H,7H2,1-6H3/t12-/m0/s1. The van der Waals surface area contributed by atoms with Crippen LogP contribution in [0.5, 0.6) is 17.4 Å². The zero-order chi connectivity index (χ0) is 18.7. The minimum absolute atomic E-state index is 0.364. The molecule has 1 atom stereocenters. The molecule has 0 saturated carbocycles. The maximum Gasteiger partial charge on any atom is 0.346 e. The normalized spacial score (nSPS) is 12.0. The summed E-state index contributed by atoms with van der Waals surface area (Å²) in [6.07, 6.45) is -0.0406. The molecule has 0 unspecified atom stereocenters. The van der Waals surface area contributed by atoms with Gasteiger partial charge in [0.1, 0.15) is 11.5 Å². The number of esters is 1. The lowest BCUT2D eigenvalue weighted by Gasteiger charge is -2.17. The number of nitrogens with zero attached hydrogens (tertiary/aromatic N) is 2. The maximum atomic E-state index is 11.6. The third-order valence-electron chi connectivity index (χ3n) is 4.00. The molecule has 0 fully saturated rings. The molecule has 136 valence electrons. The first-order chi connectivity index (χ1) is 11.8. The molecule has 7 heteroatoms. The van der Waals surface area contributed by atoms with Crippen molar-refractivity contribution in [3.63, 3.8) is 0 Å². The van der Waals surface area contributed by atoms with Crippen molar-refractivity contribution in [1.82, 2.24) is 9.78 Å². The average Bonchev–Trinajstić information content (AvgIpc) is 2.82. The molecule has 2 rings (SSSR count). The summed E-state index contributed by atoms with van der Waals surface area (Å²) in [6.45, 7) is 7.50. The minimum atomic E-state index is -0.775. The van der Waals surface area contributed by atoms with Gasteiger partial charge in [0.2, 0.25) is 5.88 Å². The Bertz CT molecular complexity index is 786. The number of carbonyl (C=O) groups is 1. The lowest BCUT2D eigenvalue weighted by Crippen LogP contribution is -2.25. The molecule has 0 amide bonds. The van der Waals surface area contributed by atoms with Crippen LogP contribution in [0, 0.1) is 13.8 Å². The molecule has 0 spiro atoms. The van der Waals surface area contributed by atoms with Gasteiger partial charge in [-0.2, -0.15) is 5.10 Å². The molecule has 0 N–H and O–H groups in total. The Hall–Kier alpha value is -2.21. The highest BCUT2D eigenvalue weighted by molar-refractivity contribution is 6.32. The topological polar surface area (TPSA) is 62.6 Å². The van der Waals surface area contributed by atoms with Gasteiger partial charge in [0.25, 0.3) is 0 Å². The van der Waals surface area contributed by atoms with Crippen molar-refractivity contribution in [3.05, 3.63) is 34.0 Å². The second-order valence-electron chi connectivity index (χ2n) is 5.77. The largest absolute Gasteiger partial charge is 0.477 e. The van der Waals surface area contributed by atoms with Gasteiger partial charge in [0.05, 0.1) is 17.8 Å². The summed E-state index contributed by atoms with van der Waals surface area (Å²) in [5.41, 5.74) is 2.80. The second kappa shape index (κ2) is 7.78. The average molecular weight is 367 g/mol. The lowest BCUT2D eigenvalue weighted by atomic mass is 10.1. The Morgan fingerprint density at radius 3 is 2.52 bits per heavy atom. The Balaban J connectivity index is 2.39. The zero-order valence-electron chi connectivity index (χ0n) is 15.3. The van der Waals surface area contributed by atoms with E-state index in [0.717, 1.165) is 23.2 Å². The fraction of sp³-hybridized carbons (Fsp3) is 0.444. The lowest BCUT2D eigenvalue weighted by molar-refractivity contribution is -0.147. The van der Waals surface area contributed by atoms with Crippen LogP contribution in [0.3, 0.4) is 0 Å². The summed E-state index contributed by atoms with van der Waals surface area (Å²) in [5, 5.41) is 4.77. The van der Waals surface area contributed by atoms with Crippen LogP contribution in [-0.4, -0.2) is 29.0 Å².